The Bertz CT molecular complexity index is 3710. The maximum absolute atomic E-state index is 2.59. The van der Waals surface area contributed by atoms with Crippen molar-refractivity contribution in [1.82, 2.24) is 0 Å². The summed E-state index contributed by atoms with van der Waals surface area (Å²) in [6.07, 6.45) is 8.73. The molecule has 2 heteroatoms. The summed E-state index contributed by atoms with van der Waals surface area (Å²) in [6.45, 7) is 25.6. The first-order valence-corrected chi connectivity index (χ1v) is 28.3. The van der Waals surface area contributed by atoms with Crippen LogP contribution < -0.4 is 21.3 Å². The number of rotatable bonds is 16. The van der Waals surface area contributed by atoms with E-state index < -0.39 is 0 Å². The highest BCUT2D eigenvalue weighted by Gasteiger charge is 2.34. The summed E-state index contributed by atoms with van der Waals surface area (Å²) in [7, 11) is 0. The highest BCUT2D eigenvalue weighted by atomic mass is 15.1. The van der Waals surface area contributed by atoms with Crippen LogP contribution in [0.5, 0.6) is 0 Å². The number of hydrogen-bond acceptors (Lipinski definition) is 1. The summed E-state index contributed by atoms with van der Waals surface area (Å²) in [6, 6.07) is 82.3. The molecule has 388 valence electrons. The zero-order chi connectivity index (χ0) is 54.8. The monoisotopic (exact) mass is 1010 g/mol. The van der Waals surface area contributed by atoms with Gasteiger partial charge in [0.05, 0.1) is 0 Å². The van der Waals surface area contributed by atoms with Crippen LogP contribution in [0.1, 0.15) is 117 Å². The van der Waals surface area contributed by atoms with Gasteiger partial charge in [0.25, 0.3) is 0 Å². The van der Waals surface area contributed by atoms with Crippen molar-refractivity contribution in [2.75, 3.05) is 4.90 Å². The predicted molar refractivity (Wildman–Crippen MR) is 340 cm³/mol. The molecule has 78 heavy (non-hydrogen) atoms. The third-order valence-corrected chi connectivity index (χ3v) is 17.2. The van der Waals surface area contributed by atoms with Crippen LogP contribution in [0.4, 0.5) is 17.1 Å². The fourth-order valence-electron chi connectivity index (χ4n) is 12.2. The molecular formula is C76H76BN. The lowest BCUT2D eigenvalue weighted by Crippen LogP contribution is -2.56. The van der Waals surface area contributed by atoms with Gasteiger partial charge in [-0.25, -0.2) is 0 Å². The largest absolute Gasteiger partial charge is 0.310 e. The van der Waals surface area contributed by atoms with Crippen molar-refractivity contribution in [2.45, 2.75) is 105 Å². The van der Waals surface area contributed by atoms with Crippen LogP contribution in [0.2, 0.25) is 0 Å². The van der Waals surface area contributed by atoms with Crippen LogP contribution in [0.3, 0.4) is 0 Å². The van der Waals surface area contributed by atoms with E-state index >= 15 is 0 Å². The molecule has 0 radical (unpaired) electrons. The first-order chi connectivity index (χ1) is 37.6. The molecule has 0 aliphatic heterocycles. The average Bonchev–Trinajstić information content (AvgIpc) is 3.65. The molecular weight excluding hydrogens is 938 g/mol. The summed E-state index contributed by atoms with van der Waals surface area (Å²) >= 11 is 0. The fraction of sp³-hybridized carbons (Fsp3) is 0.211. The minimum absolute atomic E-state index is 0.0948. The van der Waals surface area contributed by atoms with Crippen LogP contribution in [0.15, 0.2) is 242 Å². The Hall–Kier alpha value is -7.94. The molecule has 0 bridgehead atoms. The molecule has 0 spiro atoms. The molecule has 0 saturated carbocycles. The molecule has 10 rings (SSSR count). The number of fused-ring (bicyclic) bond motifs is 2. The van der Waals surface area contributed by atoms with Gasteiger partial charge in [0.1, 0.15) is 0 Å². The number of benzene rings is 10. The summed E-state index contributed by atoms with van der Waals surface area (Å²) in [5.41, 5.74) is 21.1. The SMILES string of the molecule is C/C=C(\C=C/CC)C(C)(C)c1ccc(Cc2ccc(C(C)(C)c3ccccc3)cc2)c(B(c2cc(C(C)(C)c3ccccc3)ccc2C)c2c(C)cc(N(c3ccc4ccccc4c3)c3ccc4ccccc4c3)cc2C)c1. The van der Waals surface area contributed by atoms with E-state index in [1.165, 1.54) is 99.1 Å². The van der Waals surface area contributed by atoms with Gasteiger partial charge in [-0.3, -0.25) is 0 Å². The number of nitrogens with zero attached hydrogens (tertiary/aromatic N) is 1. The van der Waals surface area contributed by atoms with E-state index in [1.54, 1.807) is 0 Å². The normalized spacial score (nSPS) is 12.4. The first kappa shape index (κ1) is 53.5. The molecule has 0 amide bonds. The molecule has 0 heterocycles. The van der Waals surface area contributed by atoms with Gasteiger partial charge in [-0.2, -0.15) is 0 Å². The Morgan fingerprint density at radius 1 is 0.436 bits per heavy atom. The Kier molecular flexibility index (Phi) is 15.2. The van der Waals surface area contributed by atoms with Crippen molar-refractivity contribution < 1.29 is 0 Å². The van der Waals surface area contributed by atoms with E-state index in [4.69, 9.17) is 0 Å². The average molecular weight is 1010 g/mol. The maximum Gasteiger partial charge on any atom is 0.242 e. The molecule has 0 atom stereocenters. The van der Waals surface area contributed by atoms with E-state index in [-0.39, 0.29) is 23.0 Å². The molecule has 0 aliphatic rings. The highest BCUT2D eigenvalue weighted by Crippen LogP contribution is 2.40. The second-order valence-corrected chi connectivity index (χ2v) is 23.3. The molecule has 0 aliphatic carbocycles. The van der Waals surface area contributed by atoms with Crippen molar-refractivity contribution in [2.24, 2.45) is 0 Å². The van der Waals surface area contributed by atoms with Crippen molar-refractivity contribution in [1.29, 1.82) is 0 Å². The predicted octanol–water partition coefficient (Wildman–Crippen LogP) is 18.3. The van der Waals surface area contributed by atoms with Gasteiger partial charge in [-0.15, -0.1) is 0 Å². The zero-order valence-electron chi connectivity index (χ0n) is 48.0. The summed E-state index contributed by atoms with van der Waals surface area (Å²) in [4.78, 5) is 2.46. The van der Waals surface area contributed by atoms with E-state index in [1.807, 2.05) is 0 Å². The van der Waals surface area contributed by atoms with Gasteiger partial charge in [-0.1, -0.05) is 282 Å². The lowest BCUT2D eigenvalue weighted by molar-refractivity contribution is 0.638. The van der Waals surface area contributed by atoms with Crippen molar-refractivity contribution in [3.8, 4) is 0 Å². The molecule has 0 N–H and O–H groups in total. The summed E-state index contributed by atoms with van der Waals surface area (Å²) < 4.78 is 0. The van der Waals surface area contributed by atoms with E-state index in [0.717, 1.165) is 29.9 Å². The standard InChI is InChI=1S/C76H76BN/c1-12-14-29-62(13-2)74(6,7)67-43-37-61(48-56-35-41-65(42-36-56)75(8,9)63-30-17-15-18-31-63)72(52-67)77(71-51-66(40-34-53(71)3)76(10,11)64-32-19-16-20-33-64)73-54(4)46-70(47-55(73)5)78(68-44-38-57-25-21-23-27-59(57)49-68)69-45-39-58-26-22-24-28-60(58)50-69/h13-47,49-52H,12,48H2,1-11H3/b29-14-,62-13+. The lowest BCUT2D eigenvalue weighted by atomic mass is 9.33. The Morgan fingerprint density at radius 2 is 0.910 bits per heavy atom. The van der Waals surface area contributed by atoms with Gasteiger partial charge in [0, 0.05) is 33.3 Å². The second-order valence-electron chi connectivity index (χ2n) is 23.3. The quantitative estimate of drug-likeness (QED) is 0.0689. The number of hydrogen-bond donors (Lipinski definition) is 0. The third kappa shape index (κ3) is 10.6. The maximum atomic E-state index is 2.59. The molecule has 0 saturated heterocycles. The Labute approximate surface area is 467 Å². The van der Waals surface area contributed by atoms with Crippen LogP contribution in [-0.4, -0.2) is 6.71 Å². The van der Waals surface area contributed by atoms with E-state index in [0.29, 0.717) is 0 Å². The van der Waals surface area contributed by atoms with E-state index in [2.05, 4.69) is 318 Å². The number of allylic oxidation sites excluding steroid dienone is 4. The lowest BCUT2D eigenvalue weighted by Gasteiger charge is -2.32. The molecule has 10 aromatic rings. The zero-order valence-corrected chi connectivity index (χ0v) is 48.0. The first-order valence-electron chi connectivity index (χ1n) is 28.3. The van der Waals surface area contributed by atoms with Crippen molar-refractivity contribution >= 4 is 61.7 Å². The van der Waals surface area contributed by atoms with E-state index in [9.17, 15) is 0 Å². The van der Waals surface area contributed by atoms with Crippen molar-refractivity contribution in [3.05, 3.63) is 298 Å². The van der Waals surface area contributed by atoms with Crippen molar-refractivity contribution in [3.63, 3.8) is 0 Å². The number of aryl methyl sites for hydroxylation is 3. The topological polar surface area (TPSA) is 3.24 Å². The molecule has 1 nitrogen and oxygen atoms in total. The van der Waals surface area contributed by atoms with Gasteiger partial charge >= 0.3 is 0 Å². The Morgan fingerprint density at radius 3 is 1.45 bits per heavy atom. The smallest absolute Gasteiger partial charge is 0.242 e. The second kappa shape index (κ2) is 22.2. The van der Waals surface area contributed by atoms with Gasteiger partial charge in [-0.05, 0) is 143 Å². The highest BCUT2D eigenvalue weighted by molar-refractivity contribution is 6.96. The molecule has 0 unspecified atom stereocenters. The fourth-order valence-corrected chi connectivity index (χ4v) is 12.2. The van der Waals surface area contributed by atoms with Gasteiger partial charge in [0.15, 0.2) is 0 Å². The van der Waals surface area contributed by atoms with Crippen LogP contribution in [0.25, 0.3) is 21.5 Å². The molecule has 0 fully saturated rings. The van der Waals surface area contributed by atoms with Crippen LogP contribution in [-0.2, 0) is 22.7 Å². The summed E-state index contributed by atoms with van der Waals surface area (Å²) in [5, 5.41) is 4.90. The number of anilines is 3. The van der Waals surface area contributed by atoms with Gasteiger partial charge < -0.3 is 4.90 Å². The molecule has 10 aromatic carbocycles. The minimum Gasteiger partial charge on any atom is -0.310 e. The van der Waals surface area contributed by atoms with Crippen LogP contribution >= 0.6 is 0 Å². The van der Waals surface area contributed by atoms with Crippen LogP contribution in [0, 0.1) is 20.8 Å². The van der Waals surface area contributed by atoms with Gasteiger partial charge in [0.2, 0.25) is 6.71 Å². The minimum atomic E-state index is -0.261. The summed E-state index contributed by atoms with van der Waals surface area (Å²) in [5.74, 6) is 0. The molecule has 0 aromatic heterocycles. The Balaban J connectivity index is 1.21. The third-order valence-electron chi connectivity index (χ3n) is 17.2.